The summed E-state index contributed by atoms with van der Waals surface area (Å²) < 4.78 is 5.26. The van der Waals surface area contributed by atoms with Crippen LogP contribution >= 0.6 is 0 Å². The molecule has 1 saturated heterocycles. The SMILES string of the molecule is CC(C)(C)c1cc(C(=O)NCC(C(=O)O)C2CCOCC2)n[nH]1. The van der Waals surface area contributed by atoms with Crippen molar-refractivity contribution in [3.63, 3.8) is 0 Å². The van der Waals surface area contributed by atoms with Gasteiger partial charge in [0.1, 0.15) is 5.69 Å². The maximum absolute atomic E-state index is 12.2. The van der Waals surface area contributed by atoms with Crippen LogP contribution in [-0.4, -0.2) is 46.9 Å². The maximum Gasteiger partial charge on any atom is 0.308 e. The topological polar surface area (TPSA) is 104 Å². The smallest absolute Gasteiger partial charge is 0.308 e. The Morgan fingerprint density at radius 3 is 2.61 bits per heavy atom. The number of carboxylic acid groups (broad SMARTS) is 1. The van der Waals surface area contributed by atoms with Crippen LogP contribution < -0.4 is 5.32 Å². The fourth-order valence-electron chi connectivity index (χ4n) is 2.69. The number of carboxylic acids is 1. The second kappa shape index (κ2) is 7.12. The first kappa shape index (κ1) is 17.5. The molecule has 1 atom stereocenters. The molecule has 7 nitrogen and oxygen atoms in total. The average molecular weight is 323 g/mol. The molecule has 1 unspecified atom stereocenters. The van der Waals surface area contributed by atoms with E-state index in [1.54, 1.807) is 6.07 Å². The molecule has 3 N–H and O–H groups in total. The van der Waals surface area contributed by atoms with Crippen LogP contribution in [-0.2, 0) is 14.9 Å². The number of aromatic nitrogens is 2. The molecular weight excluding hydrogens is 298 g/mol. The van der Waals surface area contributed by atoms with Gasteiger partial charge in [0.25, 0.3) is 5.91 Å². The molecule has 1 fully saturated rings. The molecule has 0 spiro atoms. The van der Waals surface area contributed by atoms with Crippen molar-refractivity contribution in [1.82, 2.24) is 15.5 Å². The lowest BCUT2D eigenvalue weighted by Gasteiger charge is -2.27. The van der Waals surface area contributed by atoms with Gasteiger partial charge in [-0.3, -0.25) is 14.7 Å². The summed E-state index contributed by atoms with van der Waals surface area (Å²) in [6.45, 7) is 7.33. The van der Waals surface area contributed by atoms with E-state index in [-0.39, 0.29) is 29.5 Å². The summed E-state index contributed by atoms with van der Waals surface area (Å²) in [4.78, 5) is 23.7. The third-order valence-electron chi connectivity index (χ3n) is 4.25. The summed E-state index contributed by atoms with van der Waals surface area (Å²) in [5.41, 5.74) is 1.02. The lowest BCUT2D eigenvalue weighted by atomic mass is 9.86. The monoisotopic (exact) mass is 323 g/mol. The molecule has 0 radical (unpaired) electrons. The number of nitrogens with zero attached hydrogens (tertiary/aromatic N) is 1. The molecule has 2 heterocycles. The van der Waals surface area contributed by atoms with E-state index in [1.165, 1.54) is 0 Å². The Labute approximate surface area is 135 Å². The van der Waals surface area contributed by atoms with Crippen LogP contribution in [0.4, 0.5) is 0 Å². The number of carbonyl (C=O) groups is 2. The molecule has 7 heteroatoms. The van der Waals surface area contributed by atoms with Crippen molar-refractivity contribution in [2.45, 2.75) is 39.0 Å². The number of carbonyl (C=O) groups excluding carboxylic acids is 1. The number of hydrogen-bond donors (Lipinski definition) is 3. The predicted octanol–water partition coefficient (Wildman–Crippen LogP) is 1.56. The predicted molar refractivity (Wildman–Crippen MR) is 84.3 cm³/mol. The van der Waals surface area contributed by atoms with Crippen LogP contribution in [0.5, 0.6) is 0 Å². The van der Waals surface area contributed by atoms with Crippen LogP contribution in [0.25, 0.3) is 0 Å². The van der Waals surface area contributed by atoms with Gasteiger partial charge in [-0.25, -0.2) is 0 Å². The van der Waals surface area contributed by atoms with Crippen molar-refractivity contribution in [3.8, 4) is 0 Å². The second-order valence-electron chi connectivity index (χ2n) is 7.02. The molecule has 1 aliphatic rings. The minimum absolute atomic E-state index is 0.0332. The number of nitrogens with one attached hydrogen (secondary N) is 2. The zero-order valence-electron chi connectivity index (χ0n) is 13.9. The van der Waals surface area contributed by atoms with Gasteiger partial charge in [0.2, 0.25) is 0 Å². The van der Waals surface area contributed by atoms with Gasteiger partial charge in [0.05, 0.1) is 5.92 Å². The fraction of sp³-hybridized carbons (Fsp3) is 0.688. The van der Waals surface area contributed by atoms with E-state index in [2.05, 4.69) is 15.5 Å². The zero-order chi connectivity index (χ0) is 17.0. The first-order valence-electron chi connectivity index (χ1n) is 7.93. The largest absolute Gasteiger partial charge is 0.481 e. The lowest BCUT2D eigenvalue weighted by molar-refractivity contribution is -0.144. The van der Waals surface area contributed by atoms with Gasteiger partial charge >= 0.3 is 5.97 Å². The Kier molecular flexibility index (Phi) is 5.41. The Hall–Kier alpha value is -1.89. The van der Waals surface area contributed by atoms with Crippen LogP contribution in [0, 0.1) is 11.8 Å². The molecule has 23 heavy (non-hydrogen) atoms. The van der Waals surface area contributed by atoms with E-state index in [0.29, 0.717) is 26.1 Å². The summed E-state index contributed by atoms with van der Waals surface area (Å²) in [5, 5.41) is 19.0. The Bertz CT molecular complexity index is 556. The van der Waals surface area contributed by atoms with E-state index in [4.69, 9.17) is 4.74 Å². The third kappa shape index (κ3) is 4.54. The van der Waals surface area contributed by atoms with Crippen LogP contribution in [0.15, 0.2) is 6.07 Å². The van der Waals surface area contributed by atoms with Crippen molar-refractivity contribution in [1.29, 1.82) is 0 Å². The molecule has 1 aromatic heterocycles. The van der Waals surface area contributed by atoms with Crippen LogP contribution in [0.2, 0.25) is 0 Å². The molecule has 2 rings (SSSR count). The average Bonchev–Trinajstić information content (AvgIpc) is 2.98. The molecule has 1 aliphatic heterocycles. The van der Waals surface area contributed by atoms with Crippen molar-refractivity contribution in [2.24, 2.45) is 11.8 Å². The van der Waals surface area contributed by atoms with E-state index in [0.717, 1.165) is 5.69 Å². The van der Waals surface area contributed by atoms with Gasteiger partial charge in [-0.15, -0.1) is 0 Å². The summed E-state index contributed by atoms with van der Waals surface area (Å²) in [6.07, 6.45) is 1.42. The highest BCUT2D eigenvalue weighted by Gasteiger charge is 2.30. The summed E-state index contributed by atoms with van der Waals surface area (Å²) >= 11 is 0. The maximum atomic E-state index is 12.2. The Morgan fingerprint density at radius 2 is 2.09 bits per heavy atom. The van der Waals surface area contributed by atoms with Gasteiger partial charge in [-0.2, -0.15) is 5.10 Å². The number of amides is 1. The van der Waals surface area contributed by atoms with Gasteiger partial charge in [0.15, 0.2) is 0 Å². The van der Waals surface area contributed by atoms with Crippen LogP contribution in [0.3, 0.4) is 0 Å². The molecule has 1 amide bonds. The van der Waals surface area contributed by atoms with E-state index in [1.807, 2.05) is 20.8 Å². The van der Waals surface area contributed by atoms with Crippen LogP contribution in [0.1, 0.15) is 49.8 Å². The molecular formula is C16H25N3O4. The first-order valence-corrected chi connectivity index (χ1v) is 7.93. The standard InChI is InChI=1S/C16H25N3O4/c1-16(2,3)13-8-12(18-19-13)14(20)17-9-11(15(21)22)10-4-6-23-7-5-10/h8,10-11H,4-7,9H2,1-3H3,(H,17,20)(H,18,19)(H,21,22). The van der Waals surface area contributed by atoms with E-state index in [9.17, 15) is 14.7 Å². The molecule has 0 aromatic carbocycles. The van der Waals surface area contributed by atoms with Crippen molar-refractivity contribution >= 4 is 11.9 Å². The lowest BCUT2D eigenvalue weighted by Crippen LogP contribution is -2.39. The fourth-order valence-corrected chi connectivity index (χ4v) is 2.69. The van der Waals surface area contributed by atoms with Gasteiger partial charge in [-0.05, 0) is 24.8 Å². The number of hydrogen-bond acceptors (Lipinski definition) is 4. The molecule has 0 saturated carbocycles. The quantitative estimate of drug-likeness (QED) is 0.763. The summed E-state index contributed by atoms with van der Waals surface area (Å²) in [7, 11) is 0. The number of aliphatic carboxylic acids is 1. The minimum atomic E-state index is -0.880. The number of aromatic amines is 1. The molecule has 0 aliphatic carbocycles. The Morgan fingerprint density at radius 1 is 1.43 bits per heavy atom. The van der Waals surface area contributed by atoms with E-state index < -0.39 is 11.9 Å². The molecule has 0 bridgehead atoms. The zero-order valence-corrected chi connectivity index (χ0v) is 13.9. The number of H-pyrrole nitrogens is 1. The normalized spacial score (nSPS) is 17.7. The van der Waals surface area contributed by atoms with E-state index >= 15 is 0 Å². The van der Waals surface area contributed by atoms with Gasteiger partial charge in [-0.1, -0.05) is 20.8 Å². The van der Waals surface area contributed by atoms with Gasteiger partial charge in [0, 0.05) is 30.9 Å². The highest BCUT2D eigenvalue weighted by Crippen LogP contribution is 2.24. The highest BCUT2D eigenvalue weighted by molar-refractivity contribution is 5.92. The number of ether oxygens (including phenoxy) is 1. The Balaban J connectivity index is 1.96. The van der Waals surface area contributed by atoms with Crippen molar-refractivity contribution in [2.75, 3.05) is 19.8 Å². The second-order valence-corrected chi connectivity index (χ2v) is 7.02. The summed E-state index contributed by atoms with van der Waals surface area (Å²) in [6, 6.07) is 1.71. The molecule has 1 aromatic rings. The summed E-state index contributed by atoms with van der Waals surface area (Å²) in [5.74, 6) is -1.79. The van der Waals surface area contributed by atoms with Gasteiger partial charge < -0.3 is 15.2 Å². The highest BCUT2D eigenvalue weighted by atomic mass is 16.5. The van der Waals surface area contributed by atoms with Crippen molar-refractivity contribution in [3.05, 3.63) is 17.5 Å². The number of rotatable bonds is 5. The molecule has 128 valence electrons. The first-order chi connectivity index (χ1) is 10.8. The third-order valence-corrected chi connectivity index (χ3v) is 4.25. The minimum Gasteiger partial charge on any atom is -0.481 e. The van der Waals surface area contributed by atoms with Crippen molar-refractivity contribution < 1.29 is 19.4 Å².